The zero-order valence-electron chi connectivity index (χ0n) is 12.8. The second-order valence-electron chi connectivity index (χ2n) is 5.07. The van der Waals surface area contributed by atoms with E-state index in [0.717, 1.165) is 5.76 Å². The van der Waals surface area contributed by atoms with Crippen LogP contribution in [0.5, 0.6) is 0 Å². The fourth-order valence-corrected chi connectivity index (χ4v) is 3.01. The number of hydrogen-bond donors (Lipinski definition) is 1. The molecule has 0 radical (unpaired) electrons. The minimum absolute atomic E-state index is 0.0518. The SMILES string of the molecule is Cc1ccc(-c2nc(C)c(C(=O)N(C)CCCC(=O)O)s2)o1. The van der Waals surface area contributed by atoms with Crippen molar-refractivity contribution in [2.24, 2.45) is 0 Å². The summed E-state index contributed by atoms with van der Waals surface area (Å²) in [5.41, 5.74) is 0.657. The van der Waals surface area contributed by atoms with Crippen molar-refractivity contribution in [3.63, 3.8) is 0 Å². The number of furan rings is 1. The lowest BCUT2D eigenvalue weighted by molar-refractivity contribution is -0.137. The van der Waals surface area contributed by atoms with Crippen molar-refractivity contribution in [2.45, 2.75) is 26.7 Å². The van der Waals surface area contributed by atoms with Crippen LogP contribution in [-0.4, -0.2) is 40.5 Å². The molecule has 2 aromatic heterocycles. The molecule has 118 valence electrons. The average molecular weight is 322 g/mol. The fraction of sp³-hybridized carbons (Fsp3) is 0.400. The molecule has 2 aromatic rings. The third-order valence-corrected chi connectivity index (χ3v) is 4.33. The molecule has 1 amide bonds. The van der Waals surface area contributed by atoms with Crippen LogP contribution in [0.3, 0.4) is 0 Å². The van der Waals surface area contributed by atoms with Gasteiger partial charge in [0.2, 0.25) is 0 Å². The summed E-state index contributed by atoms with van der Waals surface area (Å²) < 4.78 is 5.53. The second kappa shape index (κ2) is 6.74. The summed E-state index contributed by atoms with van der Waals surface area (Å²) in [6.45, 7) is 4.04. The Balaban J connectivity index is 2.10. The number of aliphatic carboxylic acids is 1. The van der Waals surface area contributed by atoms with Crippen molar-refractivity contribution >= 4 is 23.2 Å². The van der Waals surface area contributed by atoms with Gasteiger partial charge in [0.25, 0.3) is 5.91 Å². The first kappa shape index (κ1) is 16.2. The molecule has 2 rings (SSSR count). The largest absolute Gasteiger partial charge is 0.481 e. The van der Waals surface area contributed by atoms with Crippen molar-refractivity contribution in [1.29, 1.82) is 0 Å². The van der Waals surface area contributed by atoms with Crippen LogP contribution in [0.1, 0.15) is 34.0 Å². The molecular formula is C15H18N2O4S. The number of carbonyl (C=O) groups excluding carboxylic acids is 1. The molecule has 0 saturated heterocycles. The number of aryl methyl sites for hydroxylation is 2. The Morgan fingerprint density at radius 2 is 2.09 bits per heavy atom. The van der Waals surface area contributed by atoms with E-state index in [-0.39, 0.29) is 12.3 Å². The Morgan fingerprint density at radius 1 is 1.36 bits per heavy atom. The quantitative estimate of drug-likeness (QED) is 0.884. The average Bonchev–Trinajstić information content (AvgIpc) is 3.03. The summed E-state index contributed by atoms with van der Waals surface area (Å²) in [6.07, 6.45) is 0.482. The number of hydrogen-bond acceptors (Lipinski definition) is 5. The number of carboxylic acid groups (broad SMARTS) is 1. The van der Waals surface area contributed by atoms with E-state index in [1.54, 1.807) is 14.0 Å². The maximum atomic E-state index is 12.4. The van der Waals surface area contributed by atoms with Gasteiger partial charge in [-0.25, -0.2) is 4.98 Å². The minimum atomic E-state index is -0.856. The topological polar surface area (TPSA) is 83.6 Å². The third kappa shape index (κ3) is 3.73. The van der Waals surface area contributed by atoms with E-state index in [9.17, 15) is 9.59 Å². The van der Waals surface area contributed by atoms with E-state index in [2.05, 4.69) is 4.98 Å². The lowest BCUT2D eigenvalue weighted by Crippen LogP contribution is -2.27. The Labute approximate surface area is 132 Å². The van der Waals surface area contributed by atoms with Gasteiger partial charge in [0.05, 0.1) is 5.69 Å². The van der Waals surface area contributed by atoms with Gasteiger partial charge < -0.3 is 14.4 Å². The zero-order chi connectivity index (χ0) is 16.3. The molecule has 1 N–H and O–H groups in total. The second-order valence-corrected chi connectivity index (χ2v) is 6.07. The highest BCUT2D eigenvalue weighted by atomic mass is 32.1. The van der Waals surface area contributed by atoms with Crippen molar-refractivity contribution in [3.05, 3.63) is 28.5 Å². The number of carbonyl (C=O) groups is 2. The number of carboxylic acids is 1. The van der Waals surface area contributed by atoms with Gasteiger partial charge in [-0.05, 0) is 32.4 Å². The summed E-state index contributed by atoms with van der Waals surface area (Å²) in [4.78, 5) is 29.4. The molecule has 0 bridgehead atoms. The smallest absolute Gasteiger partial charge is 0.303 e. The number of amides is 1. The molecule has 6 nitrogen and oxygen atoms in total. The number of nitrogens with zero attached hydrogens (tertiary/aromatic N) is 2. The van der Waals surface area contributed by atoms with Gasteiger partial charge in [-0.2, -0.15) is 0 Å². The van der Waals surface area contributed by atoms with Crippen molar-refractivity contribution < 1.29 is 19.1 Å². The highest BCUT2D eigenvalue weighted by Crippen LogP contribution is 2.29. The van der Waals surface area contributed by atoms with Gasteiger partial charge in [0.15, 0.2) is 10.8 Å². The van der Waals surface area contributed by atoms with Crippen LogP contribution in [0.2, 0.25) is 0 Å². The van der Waals surface area contributed by atoms with E-state index >= 15 is 0 Å². The van der Waals surface area contributed by atoms with Crippen LogP contribution in [0, 0.1) is 13.8 Å². The summed E-state index contributed by atoms with van der Waals surface area (Å²) in [5, 5.41) is 9.31. The van der Waals surface area contributed by atoms with Crippen molar-refractivity contribution in [3.8, 4) is 10.8 Å². The maximum absolute atomic E-state index is 12.4. The highest BCUT2D eigenvalue weighted by Gasteiger charge is 2.20. The van der Waals surface area contributed by atoms with Gasteiger partial charge in [-0.3, -0.25) is 9.59 Å². The van der Waals surface area contributed by atoms with E-state index in [1.165, 1.54) is 16.2 Å². The summed E-state index contributed by atoms with van der Waals surface area (Å²) >= 11 is 1.29. The molecular weight excluding hydrogens is 304 g/mol. The van der Waals surface area contributed by atoms with Crippen LogP contribution in [0.15, 0.2) is 16.5 Å². The Morgan fingerprint density at radius 3 is 2.68 bits per heavy atom. The normalized spacial score (nSPS) is 10.7. The molecule has 0 fully saturated rings. The zero-order valence-corrected chi connectivity index (χ0v) is 13.6. The lowest BCUT2D eigenvalue weighted by Gasteiger charge is -2.15. The van der Waals surface area contributed by atoms with Gasteiger partial charge in [-0.15, -0.1) is 11.3 Å². The molecule has 0 aliphatic heterocycles. The molecule has 0 aliphatic rings. The Kier molecular flexibility index (Phi) is 4.97. The summed E-state index contributed by atoms with van der Waals surface area (Å²) in [5.74, 6) is 0.444. The Hall–Kier alpha value is -2.15. The van der Waals surface area contributed by atoms with E-state index in [4.69, 9.17) is 9.52 Å². The van der Waals surface area contributed by atoms with Gasteiger partial charge >= 0.3 is 5.97 Å². The molecule has 0 aliphatic carbocycles. The Bertz CT molecular complexity index is 690. The number of rotatable bonds is 6. The molecule has 0 spiro atoms. The van der Waals surface area contributed by atoms with Crippen molar-refractivity contribution in [1.82, 2.24) is 9.88 Å². The molecule has 0 unspecified atom stereocenters. The van der Waals surface area contributed by atoms with Gasteiger partial charge in [0, 0.05) is 20.0 Å². The molecule has 0 aromatic carbocycles. The van der Waals surface area contributed by atoms with Crippen molar-refractivity contribution in [2.75, 3.05) is 13.6 Å². The van der Waals surface area contributed by atoms with Gasteiger partial charge in [-0.1, -0.05) is 0 Å². The predicted molar refractivity (Wildman–Crippen MR) is 83.1 cm³/mol. The first-order valence-electron chi connectivity index (χ1n) is 6.90. The van der Waals surface area contributed by atoms with Crippen LogP contribution in [0.4, 0.5) is 0 Å². The highest BCUT2D eigenvalue weighted by molar-refractivity contribution is 7.17. The first-order valence-corrected chi connectivity index (χ1v) is 7.71. The molecule has 7 heteroatoms. The molecule has 22 heavy (non-hydrogen) atoms. The maximum Gasteiger partial charge on any atom is 0.303 e. The summed E-state index contributed by atoms with van der Waals surface area (Å²) in [6, 6.07) is 3.68. The summed E-state index contributed by atoms with van der Waals surface area (Å²) in [7, 11) is 1.67. The van der Waals surface area contributed by atoms with Crippen LogP contribution >= 0.6 is 11.3 Å². The van der Waals surface area contributed by atoms with E-state index < -0.39 is 5.97 Å². The van der Waals surface area contributed by atoms with E-state index in [0.29, 0.717) is 34.3 Å². The van der Waals surface area contributed by atoms with Crippen LogP contribution in [0.25, 0.3) is 10.8 Å². The third-order valence-electron chi connectivity index (χ3n) is 3.17. The predicted octanol–water partition coefficient (Wildman–Crippen LogP) is 2.96. The molecule has 0 saturated carbocycles. The standard InChI is InChI=1S/C15H18N2O4S/c1-9-6-7-11(21-9)14-16-10(2)13(22-14)15(20)17(3)8-4-5-12(18)19/h6-7H,4-5,8H2,1-3H3,(H,18,19). The monoisotopic (exact) mass is 322 g/mol. The number of thiazole rings is 1. The lowest BCUT2D eigenvalue weighted by atomic mass is 10.3. The number of aromatic nitrogens is 1. The molecule has 2 heterocycles. The first-order chi connectivity index (χ1) is 10.4. The van der Waals surface area contributed by atoms with Crippen LogP contribution in [-0.2, 0) is 4.79 Å². The van der Waals surface area contributed by atoms with E-state index in [1.807, 2.05) is 19.1 Å². The minimum Gasteiger partial charge on any atom is -0.481 e. The van der Waals surface area contributed by atoms with Gasteiger partial charge in [0.1, 0.15) is 10.6 Å². The fourth-order valence-electron chi connectivity index (χ4n) is 1.99. The molecule has 0 atom stereocenters. The van der Waals surface area contributed by atoms with Crippen LogP contribution < -0.4 is 0 Å².